The molecule has 0 spiro atoms. The number of ether oxygens (including phenoxy) is 1. The summed E-state index contributed by atoms with van der Waals surface area (Å²) in [6, 6.07) is 14.3. The van der Waals surface area contributed by atoms with Gasteiger partial charge in [0.2, 0.25) is 11.8 Å². The van der Waals surface area contributed by atoms with Gasteiger partial charge in [0.1, 0.15) is 0 Å². The number of alkyl halides is 6. The number of phenolic OH excluding ortho intramolecular Hbond substituents is 1. The molecule has 4 atom stereocenters. The molecule has 2 amide bonds. The topological polar surface area (TPSA) is 66.8 Å². The van der Waals surface area contributed by atoms with Gasteiger partial charge in [-0.1, -0.05) is 61.4 Å². The van der Waals surface area contributed by atoms with Crippen LogP contribution in [-0.2, 0) is 26.7 Å². The van der Waals surface area contributed by atoms with Crippen molar-refractivity contribution in [1.82, 2.24) is 0 Å². The van der Waals surface area contributed by atoms with E-state index >= 15 is 0 Å². The van der Waals surface area contributed by atoms with Gasteiger partial charge in [0.15, 0.2) is 11.6 Å². The highest BCUT2D eigenvalue weighted by molar-refractivity contribution is 6.22. The summed E-state index contributed by atoms with van der Waals surface area (Å²) < 4.78 is 102. The van der Waals surface area contributed by atoms with Crippen LogP contribution in [0.25, 0.3) is 11.6 Å². The minimum Gasteiger partial charge on any atom is -0.505 e. The molecule has 12 heteroatoms. The third-order valence-corrected chi connectivity index (χ3v) is 9.52. The largest absolute Gasteiger partial charge is 0.505 e. The molecule has 5 nitrogen and oxygen atoms in total. The number of hydrogen-bond acceptors (Lipinski definition) is 4. The molecular formula is C37H32F7NO4. The van der Waals surface area contributed by atoms with Crippen molar-refractivity contribution in [3.05, 3.63) is 106 Å². The Hall–Kier alpha value is -4.45. The lowest BCUT2D eigenvalue weighted by Gasteiger charge is -2.32. The van der Waals surface area contributed by atoms with Crippen molar-refractivity contribution in [2.24, 2.45) is 17.8 Å². The number of fused-ring (bicyclic) bond motifs is 3. The Morgan fingerprint density at radius 2 is 1.59 bits per heavy atom. The molecule has 0 unspecified atom stereocenters. The van der Waals surface area contributed by atoms with Crippen LogP contribution in [0.3, 0.4) is 0 Å². The van der Waals surface area contributed by atoms with Crippen LogP contribution in [0.1, 0.15) is 61.3 Å². The standard InChI is InChI=1S/C37H32F7NO4/c1-2-6-23-15-27-33(35(48)45(34(27)47)26-17-24(36(39,40)41)16-25(18-26)37(42,43)44)28-19-49-31(32(23)28)12-10-22(21-7-4-3-5-8-21)13-20-9-11-30(46)29(38)14-20/h3-5,7-9,11,13-14,16-18,27-28,31,33,46H,2,6,10,12,15,19H2,1H3/b22-13-/t27-,28+,31-,33-/m1/s1. The number of amides is 2. The van der Waals surface area contributed by atoms with Gasteiger partial charge in [0, 0.05) is 5.92 Å². The van der Waals surface area contributed by atoms with Gasteiger partial charge in [-0.2, -0.15) is 26.3 Å². The summed E-state index contributed by atoms with van der Waals surface area (Å²) in [6.45, 7) is 2.01. The molecule has 1 N–H and O–H groups in total. The Bertz CT molecular complexity index is 1800. The Labute approximate surface area is 277 Å². The Morgan fingerprint density at radius 1 is 0.918 bits per heavy atom. The summed E-state index contributed by atoms with van der Waals surface area (Å²) in [5.41, 5.74) is 0.0445. The second-order valence-electron chi connectivity index (χ2n) is 12.6. The average molecular weight is 688 g/mol. The first-order valence-electron chi connectivity index (χ1n) is 15.9. The molecule has 2 fully saturated rings. The molecule has 0 saturated carbocycles. The lowest BCUT2D eigenvalue weighted by atomic mass is 9.68. The minimum atomic E-state index is -5.15. The van der Waals surface area contributed by atoms with E-state index in [4.69, 9.17) is 4.74 Å². The molecule has 1 aliphatic carbocycles. The highest BCUT2D eigenvalue weighted by atomic mass is 19.4. The zero-order chi connectivity index (χ0) is 35.2. The highest BCUT2D eigenvalue weighted by Gasteiger charge is 2.57. The van der Waals surface area contributed by atoms with Crippen LogP contribution in [0, 0.1) is 23.6 Å². The normalized spacial score (nSPS) is 22.9. The molecule has 3 aromatic carbocycles. The molecule has 2 heterocycles. The molecule has 0 aromatic heterocycles. The lowest BCUT2D eigenvalue weighted by molar-refractivity contribution is -0.143. The van der Waals surface area contributed by atoms with Gasteiger partial charge < -0.3 is 9.84 Å². The molecule has 258 valence electrons. The van der Waals surface area contributed by atoms with Crippen LogP contribution in [0.15, 0.2) is 77.9 Å². The Balaban J connectivity index is 1.31. The van der Waals surface area contributed by atoms with Crippen molar-refractivity contribution in [3.63, 3.8) is 0 Å². The smallest absolute Gasteiger partial charge is 0.416 e. The SMILES string of the molecule is CCCC1=C2[C@@H](CC/C(=C/c3ccc(O)c(F)c3)c3ccccc3)OC[C@@H]2[C@@H]2C(=O)N(c3cc(C(F)(F)F)cc(C(F)(F)F)c3)C(=O)[C@@H]2C1. The molecule has 6 rings (SSSR count). The molecular weight excluding hydrogens is 655 g/mol. The maximum Gasteiger partial charge on any atom is 0.416 e. The number of anilines is 1. The number of nitrogens with zero attached hydrogens (tertiary/aromatic N) is 1. The fourth-order valence-electron chi connectivity index (χ4n) is 7.39. The summed E-state index contributed by atoms with van der Waals surface area (Å²) in [4.78, 5) is 28.1. The predicted octanol–water partition coefficient (Wildman–Crippen LogP) is 9.21. The number of phenols is 1. The number of carbonyl (C=O) groups is 2. The Morgan fingerprint density at radius 3 is 2.20 bits per heavy atom. The fourth-order valence-corrected chi connectivity index (χ4v) is 7.39. The predicted molar refractivity (Wildman–Crippen MR) is 167 cm³/mol. The van der Waals surface area contributed by atoms with E-state index in [1.807, 2.05) is 43.3 Å². The Kier molecular flexibility index (Phi) is 9.21. The van der Waals surface area contributed by atoms with Gasteiger partial charge in [-0.15, -0.1) is 0 Å². The molecule has 0 radical (unpaired) electrons. The monoisotopic (exact) mass is 687 g/mol. The van der Waals surface area contributed by atoms with Crippen molar-refractivity contribution in [3.8, 4) is 5.75 Å². The molecule has 0 bridgehead atoms. The molecule has 3 aliphatic rings. The van der Waals surface area contributed by atoms with E-state index in [0.717, 1.165) is 22.3 Å². The van der Waals surface area contributed by atoms with Crippen LogP contribution < -0.4 is 4.90 Å². The number of hydrogen-bond donors (Lipinski definition) is 1. The van der Waals surface area contributed by atoms with E-state index in [0.29, 0.717) is 48.3 Å². The summed E-state index contributed by atoms with van der Waals surface area (Å²) in [5, 5.41) is 9.63. The summed E-state index contributed by atoms with van der Waals surface area (Å²) in [7, 11) is 0. The first-order chi connectivity index (χ1) is 23.2. The molecule has 49 heavy (non-hydrogen) atoms. The molecule has 3 aromatic rings. The summed E-state index contributed by atoms with van der Waals surface area (Å²) >= 11 is 0. The van der Waals surface area contributed by atoms with Crippen molar-refractivity contribution in [1.29, 1.82) is 0 Å². The number of carbonyl (C=O) groups excluding carboxylic acids is 2. The minimum absolute atomic E-state index is 0.0354. The van der Waals surface area contributed by atoms with E-state index < -0.39 is 76.4 Å². The molecule has 2 saturated heterocycles. The first-order valence-corrected chi connectivity index (χ1v) is 15.9. The van der Waals surface area contributed by atoms with Crippen LogP contribution in [0.4, 0.5) is 36.4 Å². The van der Waals surface area contributed by atoms with E-state index in [-0.39, 0.29) is 19.1 Å². The third-order valence-electron chi connectivity index (χ3n) is 9.52. The first kappa shape index (κ1) is 34.4. The number of halogens is 7. The lowest BCUT2D eigenvalue weighted by Crippen LogP contribution is -2.34. The zero-order valence-corrected chi connectivity index (χ0v) is 26.2. The van der Waals surface area contributed by atoms with Gasteiger partial charge in [0.05, 0.1) is 41.4 Å². The number of rotatable bonds is 8. The van der Waals surface area contributed by atoms with Crippen molar-refractivity contribution in [2.45, 2.75) is 57.5 Å². The molecule has 2 aliphatic heterocycles. The van der Waals surface area contributed by atoms with Gasteiger partial charge in [0.25, 0.3) is 0 Å². The van der Waals surface area contributed by atoms with Gasteiger partial charge in [-0.25, -0.2) is 9.29 Å². The quantitative estimate of drug-likeness (QED) is 0.111. The average Bonchev–Trinajstić information content (AvgIpc) is 3.58. The van der Waals surface area contributed by atoms with Crippen LogP contribution in [-0.4, -0.2) is 29.6 Å². The second kappa shape index (κ2) is 13.1. The second-order valence-corrected chi connectivity index (χ2v) is 12.6. The van der Waals surface area contributed by atoms with Crippen molar-refractivity contribution < 1.29 is 50.2 Å². The van der Waals surface area contributed by atoms with Gasteiger partial charge >= 0.3 is 12.4 Å². The summed E-state index contributed by atoms with van der Waals surface area (Å²) in [6.07, 6.45) is -6.61. The maximum atomic E-state index is 14.2. The van der Waals surface area contributed by atoms with E-state index in [9.17, 15) is 45.4 Å². The summed E-state index contributed by atoms with van der Waals surface area (Å²) in [5.74, 6) is -5.42. The van der Waals surface area contributed by atoms with E-state index in [2.05, 4.69) is 0 Å². The number of allylic oxidation sites excluding steroid dienone is 2. The highest BCUT2D eigenvalue weighted by Crippen LogP contribution is 2.52. The van der Waals surface area contributed by atoms with E-state index in [1.54, 1.807) is 6.07 Å². The maximum absolute atomic E-state index is 14.2. The van der Waals surface area contributed by atoms with Crippen LogP contribution in [0.5, 0.6) is 5.75 Å². The zero-order valence-electron chi connectivity index (χ0n) is 26.2. The van der Waals surface area contributed by atoms with Crippen LogP contribution in [0.2, 0.25) is 0 Å². The van der Waals surface area contributed by atoms with Crippen molar-refractivity contribution >= 4 is 29.2 Å². The number of benzene rings is 3. The third kappa shape index (κ3) is 6.75. The number of imide groups is 1. The van der Waals surface area contributed by atoms with Crippen molar-refractivity contribution in [2.75, 3.05) is 11.5 Å². The number of aromatic hydroxyl groups is 1. The van der Waals surface area contributed by atoms with E-state index in [1.165, 1.54) is 12.1 Å². The van der Waals surface area contributed by atoms with Gasteiger partial charge in [-0.3, -0.25) is 9.59 Å². The fraction of sp³-hybridized carbons (Fsp3) is 0.351. The van der Waals surface area contributed by atoms with Gasteiger partial charge in [-0.05, 0) is 78.3 Å². The van der Waals surface area contributed by atoms with Crippen LogP contribution >= 0.6 is 0 Å².